The van der Waals surface area contributed by atoms with Crippen molar-refractivity contribution in [1.29, 1.82) is 0 Å². The molecule has 0 radical (unpaired) electrons. The van der Waals surface area contributed by atoms with Gasteiger partial charge in [0.1, 0.15) is 18.1 Å². The SMILES string of the molecule is Cc1cc(COCC(=O)N2CC(N)C3(CCC3)C2)no1. The summed E-state index contributed by atoms with van der Waals surface area (Å²) in [6.07, 6.45) is 3.53. The van der Waals surface area contributed by atoms with Crippen molar-refractivity contribution in [1.82, 2.24) is 10.1 Å². The summed E-state index contributed by atoms with van der Waals surface area (Å²) in [5, 5.41) is 3.82. The highest BCUT2D eigenvalue weighted by molar-refractivity contribution is 5.78. The van der Waals surface area contributed by atoms with E-state index in [1.54, 1.807) is 6.07 Å². The second kappa shape index (κ2) is 5.18. The second-order valence-corrected chi connectivity index (χ2v) is 6.02. The molecule has 2 N–H and O–H groups in total. The predicted octanol–water partition coefficient (Wildman–Crippen LogP) is 0.839. The fourth-order valence-electron chi connectivity index (χ4n) is 3.16. The number of nitrogens with two attached hydrogens (primary N) is 1. The number of likely N-dealkylation sites (tertiary alicyclic amines) is 1. The van der Waals surface area contributed by atoms with Gasteiger partial charge in [-0.15, -0.1) is 0 Å². The molecule has 1 aliphatic carbocycles. The molecule has 6 heteroatoms. The molecule has 6 nitrogen and oxygen atoms in total. The lowest BCUT2D eigenvalue weighted by Crippen LogP contribution is -2.45. The first-order chi connectivity index (χ1) is 9.59. The number of carbonyl (C=O) groups is 1. The number of nitrogens with zero attached hydrogens (tertiary/aromatic N) is 2. The summed E-state index contributed by atoms with van der Waals surface area (Å²) in [5.41, 5.74) is 7.07. The van der Waals surface area contributed by atoms with Crippen LogP contribution >= 0.6 is 0 Å². The predicted molar refractivity (Wildman–Crippen MR) is 71.7 cm³/mol. The Bertz CT molecular complexity index is 496. The highest BCUT2D eigenvalue weighted by Crippen LogP contribution is 2.47. The van der Waals surface area contributed by atoms with E-state index in [0.29, 0.717) is 18.8 Å². The van der Waals surface area contributed by atoms with Gasteiger partial charge in [0, 0.05) is 30.6 Å². The average Bonchev–Trinajstić information content (AvgIpc) is 2.92. The smallest absolute Gasteiger partial charge is 0.248 e. The van der Waals surface area contributed by atoms with Gasteiger partial charge in [-0.1, -0.05) is 11.6 Å². The minimum Gasteiger partial charge on any atom is -0.365 e. The summed E-state index contributed by atoms with van der Waals surface area (Å²) in [5.74, 6) is 0.761. The number of carbonyl (C=O) groups excluding carboxylic acids is 1. The molecular weight excluding hydrogens is 258 g/mol. The van der Waals surface area contributed by atoms with E-state index in [1.807, 2.05) is 11.8 Å². The van der Waals surface area contributed by atoms with E-state index in [4.69, 9.17) is 15.0 Å². The number of aryl methyl sites for hydroxylation is 1. The standard InChI is InChI=1S/C14H21N3O3/c1-10-5-11(16-20-10)7-19-8-13(18)17-6-12(15)14(9-17)3-2-4-14/h5,12H,2-4,6-9,15H2,1H3. The van der Waals surface area contributed by atoms with Crippen LogP contribution < -0.4 is 5.73 Å². The first-order valence-electron chi connectivity index (χ1n) is 7.12. The number of hydrogen-bond donors (Lipinski definition) is 1. The number of ether oxygens (including phenoxy) is 1. The molecule has 1 aliphatic heterocycles. The highest BCUT2D eigenvalue weighted by Gasteiger charge is 2.49. The summed E-state index contributed by atoms with van der Waals surface area (Å²) in [6.45, 7) is 3.65. The van der Waals surface area contributed by atoms with Crippen molar-refractivity contribution < 1.29 is 14.1 Å². The molecule has 1 saturated heterocycles. The Morgan fingerprint density at radius 1 is 1.65 bits per heavy atom. The summed E-state index contributed by atoms with van der Waals surface area (Å²) in [4.78, 5) is 14.0. The molecule has 1 amide bonds. The van der Waals surface area contributed by atoms with E-state index in [9.17, 15) is 4.79 Å². The van der Waals surface area contributed by atoms with Crippen molar-refractivity contribution >= 4 is 5.91 Å². The monoisotopic (exact) mass is 279 g/mol. The van der Waals surface area contributed by atoms with Crippen LogP contribution in [0.25, 0.3) is 0 Å². The average molecular weight is 279 g/mol. The van der Waals surface area contributed by atoms with Crippen LogP contribution in [0.1, 0.15) is 30.7 Å². The maximum Gasteiger partial charge on any atom is 0.248 e. The van der Waals surface area contributed by atoms with Crippen LogP contribution in [0.15, 0.2) is 10.6 Å². The number of rotatable bonds is 4. The molecule has 0 bridgehead atoms. The minimum absolute atomic E-state index is 0.0180. The van der Waals surface area contributed by atoms with Crippen LogP contribution in [0.5, 0.6) is 0 Å². The van der Waals surface area contributed by atoms with Crippen molar-refractivity contribution in [2.45, 2.75) is 38.8 Å². The zero-order valence-corrected chi connectivity index (χ0v) is 11.8. The fraction of sp³-hybridized carbons (Fsp3) is 0.714. The maximum atomic E-state index is 12.1. The van der Waals surface area contributed by atoms with Crippen LogP contribution in [-0.4, -0.2) is 41.7 Å². The normalized spacial score (nSPS) is 24.1. The summed E-state index contributed by atoms with van der Waals surface area (Å²) >= 11 is 0. The number of aromatic nitrogens is 1. The van der Waals surface area contributed by atoms with Crippen LogP contribution in [0.4, 0.5) is 0 Å². The summed E-state index contributed by atoms with van der Waals surface area (Å²) in [6, 6.07) is 1.93. The number of amides is 1. The van der Waals surface area contributed by atoms with Gasteiger partial charge in [0.05, 0.1) is 6.61 Å². The molecule has 2 aliphatic rings. The Hall–Kier alpha value is -1.40. The highest BCUT2D eigenvalue weighted by atomic mass is 16.5. The van der Waals surface area contributed by atoms with Gasteiger partial charge in [0.15, 0.2) is 0 Å². The molecule has 2 fully saturated rings. The van der Waals surface area contributed by atoms with Gasteiger partial charge in [-0.05, 0) is 19.8 Å². The lowest BCUT2D eigenvalue weighted by molar-refractivity contribution is -0.136. The van der Waals surface area contributed by atoms with E-state index in [0.717, 1.165) is 25.1 Å². The van der Waals surface area contributed by atoms with Gasteiger partial charge in [0.2, 0.25) is 5.91 Å². The fourth-order valence-corrected chi connectivity index (χ4v) is 3.16. The molecule has 110 valence electrons. The topological polar surface area (TPSA) is 81.6 Å². The van der Waals surface area contributed by atoms with Gasteiger partial charge in [-0.3, -0.25) is 4.79 Å². The van der Waals surface area contributed by atoms with Crippen LogP contribution in [0, 0.1) is 12.3 Å². The van der Waals surface area contributed by atoms with E-state index in [1.165, 1.54) is 6.42 Å². The molecular formula is C14H21N3O3. The third-order valence-electron chi connectivity index (χ3n) is 4.56. The van der Waals surface area contributed by atoms with Crippen molar-refractivity contribution in [2.75, 3.05) is 19.7 Å². The van der Waals surface area contributed by atoms with E-state index in [2.05, 4.69) is 5.16 Å². The van der Waals surface area contributed by atoms with Gasteiger partial charge in [0.25, 0.3) is 0 Å². The van der Waals surface area contributed by atoms with Gasteiger partial charge in [-0.25, -0.2) is 0 Å². The Morgan fingerprint density at radius 3 is 3.00 bits per heavy atom. The molecule has 20 heavy (non-hydrogen) atoms. The first kappa shape index (κ1) is 13.6. The van der Waals surface area contributed by atoms with Crippen LogP contribution in [-0.2, 0) is 16.1 Å². The zero-order valence-electron chi connectivity index (χ0n) is 11.8. The Balaban J connectivity index is 1.45. The Labute approximate surface area is 118 Å². The maximum absolute atomic E-state index is 12.1. The first-order valence-corrected chi connectivity index (χ1v) is 7.12. The molecule has 0 aromatic carbocycles. The summed E-state index contributed by atoms with van der Waals surface area (Å²) < 4.78 is 10.4. The molecule has 3 rings (SSSR count). The van der Waals surface area contributed by atoms with Crippen molar-refractivity contribution in [2.24, 2.45) is 11.1 Å². The Kier molecular flexibility index (Phi) is 3.52. The lowest BCUT2D eigenvalue weighted by Gasteiger charge is -2.41. The third-order valence-corrected chi connectivity index (χ3v) is 4.56. The zero-order chi connectivity index (χ0) is 14.2. The Morgan fingerprint density at radius 2 is 2.45 bits per heavy atom. The third kappa shape index (κ3) is 2.45. The molecule has 1 unspecified atom stereocenters. The summed E-state index contributed by atoms with van der Waals surface area (Å²) in [7, 11) is 0. The van der Waals surface area contributed by atoms with E-state index in [-0.39, 0.29) is 24.0 Å². The molecule has 1 spiro atoms. The quantitative estimate of drug-likeness (QED) is 0.883. The van der Waals surface area contributed by atoms with Gasteiger partial charge in [-0.2, -0.15) is 0 Å². The second-order valence-electron chi connectivity index (χ2n) is 6.02. The van der Waals surface area contributed by atoms with E-state index >= 15 is 0 Å². The molecule has 1 aromatic rings. The van der Waals surface area contributed by atoms with Crippen molar-refractivity contribution in [3.8, 4) is 0 Å². The van der Waals surface area contributed by atoms with Crippen LogP contribution in [0.2, 0.25) is 0 Å². The van der Waals surface area contributed by atoms with Crippen LogP contribution in [0.3, 0.4) is 0 Å². The van der Waals surface area contributed by atoms with Crippen molar-refractivity contribution in [3.63, 3.8) is 0 Å². The van der Waals surface area contributed by atoms with Gasteiger partial charge >= 0.3 is 0 Å². The molecule has 1 atom stereocenters. The van der Waals surface area contributed by atoms with Crippen molar-refractivity contribution in [3.05, 3.63) is 17.5 Å². The molecule has 1 saturated carbocycles. The minimum atomic E-state index is 0.0180. The number of hydrogen-bond acceptors (Lipinski definition) is 5. The lowest BCUT2D eigenvalue weighted by atomic mass is 9.66. The van der Waals surface area contributed by atoms with Gasteiger partial charge < -0.3 is 19.9 Å². The van der Waals surface area contributed by atoms with E-state index < -0.39 is 0 Å². The molecule has 1 aromatic heterocycles. The molecule has 2 heterocycles. The largest absolute Gasteiger partial charge is 0.365 e.